The Kier molecular flexibility index (Phi) is 8.03. The second-order valence-electron chi connectivity index (χ2n) is 6.64. The summed E-state index contributed by atoms with van der Waals surface area (Å²) >= 11 is 1.21. The number of ether oxygens (including phenoxy) is 3. The van der Waals surface area contributed by atoms with Crippen molar-refractivity contribution in [3.63, 3.8) is 0 Å². The van der Waals surface area contributed by atoms with Gasteiger partial charge in [0.2, 0.25) is 11.1 Å². The molecule has 0 radical (unpaired) electrons. The lowest BCUT2D eigenvalue weighted by Gasteiger charge is -2.10. The summed E-state index contributed by atoms with van der Waals surface area (Å²) < 4.78 is 17.0. The average Bonchev–Trinajstić information content (AvgIpc) is 3.19. The first-order valence-corrected chi connectivity index (χ1v) is 10.7. The van der Waals surface area contributed by atoms with Crippen LogP contribution in [0.1, 0.15) is 11.4 Å². The van der Waals surface area contributed by atoms with Gasteiger partial charge in [-0.1, -0.05) is 11.8 Å². The topological polar surface area (TPSA) is 126 Å². The van der Waals surface area contributed by atoms with Gasteiger partial charge < -0.3 is 30.7 Å². The lowest BCUT2D eigenvalue weighted by atomic mass is 10.2. The Hall–Kier alpha value is -3.60. The van der Waals surface area contributed by atoms with Gasteiger partial charge in [0.05, 0.1) is 33.6 Å². The Morgan fingerprint density at radius 1 is 0.969 bits per heavy atom. The van der Waals surface area contributed by atoms with Crippen molar-refractivity contribution in [1.82, 2.24) is 20.2 Å². The standard InChI is InChI=1S/C21H26N6O4S/c1-29-16-6-4-15(5-7-16)23-12-19-25-26-21(27(19)22)32-13-20(28)24-11-14-8-17(30-2)10-18(9-14)31-3/h4-10,23H,11-13,22H2,1-3H3,(H,24,28). The van der Waals surface area contributed by atoms with E-state index in [0.29, 0.717) is 35.6 Å². The molecule has 0 spiro atoms. The number of nitrogens with zero attached hydrogens (tertiary/aromatic N) is 3. The molecule has 0 bridgehead atoms. The predicted molar refractivity (Wildman–Crippen MR) is 123 cm³/mol. The van der Waals surface area contributed by atoms with E-state index >= 15 is 0 Å². The van der Waals surface area contributed by atoms with Gasteiger partial charge >= 0.3 is 0 Å². The summed E-state index contributed by atoms with van der Waals surface area (Å²) in [5, 5.41) is 14.7. The summed E-state index contributed by atoms with van der Waals surface area (Å²) in [6.45, 7) is 0.736. The molecule has 32 heavy (non-hydrogen) atoms. The minimum Gasteiger partial charge on any atom is -0.497 e. The molecule has 10 nitrogen and oxygen atoms in total. The van der Waals surface area contributed by atoms with E-state index in [1.807, 2.05) is 36.4 Å². The van der Waals surface area contributed by atoms with Crippen LogP contribution in [0.15, 0.2) is 47.6 Å². The second-order valence-corrected chi connectivity index (χ2v) is 7.58. The molecular weight excluding hydrogens is 432 g/mol. The number of nitrogens with one attached hydrogen (secondary N) is 2. The van der Waals surface area contributed by atoms with Crippen LogP contribution in [0.3, 0.4) is 0 Å². The molecule has 0 saturated carbocycles. The number of hydrogen-bond donors (Lipinski definition) is 3. The van der Waals surface area contributed by atoms with E-state index < -0.39 is 0 Å². The molecule has 1 heterocycles. The molecule has 1 aromatic heterocycles. The highest BCUT2D eigenvalue weighted by Gasteiger charge is 2.12. The molecule has 3 rings (SSSR count). The molecule has 0 aliphatic carbocycles. The lowest BCUT2D eigenvalue weighted by Crippen LogP contribution is -2.25. The van der Waals surface area contributed by atoms with E-state index in [1.54, 1.807) is 27.4 Å². The van der Waals surface area contributed by atoms with Crippen LogP contribution in [0.4, 0.5) is 5.69 Å². The third-order valence-electron chi connectivity index (χ3n) is 4.51. The van der Waals surface area contributed by atoms with Gasteiger partial charge in [0.15, 0.2) is 5.82 Å². The fourth-order valence-electron chi connectivity index (χ4n) is 2.77. The Balaban J connectivity index is 1.48. The van der Waals surface area contributed by atoms with Crippen molar-refractivity contribution in [1.29, 1.82) is 0 Å². The summed E-state index contributed by atoms with van der Waals surface area (Å²) in [4.78, 5) is 12.3. The summed E-state index contributed by atoms with van der Waals surface area (Å²) in [7, 11) is 4.78. The Labute approximate surface area is 190 Å². The van der Waals surface area contributed by atoms with E-state index in [-0.39, 0.29) is 11.7 Å². The summed E-state index contributed by atoms with van der Waals surface area (Å²) in [6.07, 6.45) is 0. The minimum absolute atomic E-state index is 0.155. The van der Waals surface area contributed by atoms with Crippen molar-refractivity contribution in [3.05, 3.63) is 53.9 Å². The molecule has 170 valence electrons. The largest absolute Gasteiger partial charge is 0.497 e. The van der Waals surface area contributed by atoms with Gasteiger partial charge in [-0.3, -0.25) is 4.79 Å². The van der Waals surface area contributed by atoms with Crippen LogP contribution < -0.4 is 30.7 Å². The molecule has 2 aromatic carbocycles. The van der Waals surface area contributed by atoms with E-state index in [2.05, 4.69) is 20.8 Å². The zero-order valence-electron chi connectivity index (χ0n) is 18.1. The van der Waals surface area contributed by atoms with Gasteiger partial charge in [0.25, 0.3) is 0 Å². The highest BCUT2D eigenvalue weighted by molar-refractivity contribution is 7.99. The lowest BCUT2D eigenvalue weighted by molar-refractivity contribution is -0.118. The van der Waals surface area contributed by atoms with Crippen molar-refractivity contribution in [3.8, 4) is 17.2 Å². The molecule has 0 fully saturated rings. The van der Waals surface area contributed by atoms with Crippen LogP contribution in [0, 0.1) is 0 Å². The number of amides is 1. The number of hydrogen-bond acceptors (Lipinski definition) is 9. The number of nitrogens with two attached hydrogens (primary N) is 1. The van der Waals surface area contributed by atoms with Gasteiger partial charge in [-0.2, -0.15) is 0 Å². The highest BCUT2D eigenvalue weighted by Crippen LogP contribution is 2.22. The molecule has 3 aromatic rings. The molecule has 4 N–H and O–H groups in total. The van der Waals surface area contributed by atoms with Gasteiger partial charge in [-0.05, 0) is 42.0 Å². The summed E-state index contributed by atoms with van der Waals surface area (Å²) in [6, 6.07) is 13.0. The minimum atomic E-state index is -0.155. The smallest absolute Gasteiger partial charge is 0.230 e. The first-order valence-electron chi connectivity index (χ1n) is 9.71. The van der Waals surface area contributed by atoms with Crippen molar-refractivity contribution in [2.75, 3.05) is 38.2 Å². The van der Waals surface area contributed by atoms with E-state index in [1.165, 1.54) is 16.4 Å². The number of benzene rings is 2. The Morgan fingerprint density at radius 3 is 2.25 bits per heavy atom. The van der Waals surface area contributed by atoms with Crippen molar-refractivity contribution in [2.45, 2.75) is 18.2 Å². The number of anilines is 1. The van der Waals surface area contributed by atoms with Crippen LogP contribution >= 0.6 is 11.8 Å². The average molecular weight is 459 g/mol. The second kappa shape index (κ2) is 11.1. The summed E-state index contributed by atoms with van der Waals surface area (Å²) in [5.41, 5.74) is 1.77. The SMILES string of the molecule is COc1ccc(NCc2nnc(SCC(=O)NCc3cc(OC)cc(OC)c3)n2N)cc1. The molecule has 0 unspecified atom stereocenters. The fourth-order valence-corrected chi connectivity index (χ4v) is 3.47. The van der Waals surface area contributed by atoms with Gasteiger partial charge in [-0.25, -0.2) is 4.68 Å². The van der Waals surface area contributed by atoms with Gasteiger partial charge in [-0.15, -0.1) is 10.2 Å². The van der Waals surface area contributed by atoms with Crippen LogP contribution in [0.5, 0.6) is 17.2 Å². The number of rotatable bonds is 11. The molecule has 0 atom stereocenters. The molecule has 0 aliphatic rings. The first-order chi connectivity index (χ1) is 15.5. The van der Waals surface area contributed by atoms with Gasteiger partial charge in [0.1, 0.15) is 17.2 Å². The fraction of sp³-hybridized carbons (Fsp3) is 0.286. The molecule has 1 amide bonds. The maximum atomic E-state index is 12.3. The maximum absolute atomic E-state index is 12.3. The quantitative estimate of drug-likeness (QED) is 0.292. The van der Waals surface area contributed by atoms with Crippen molar-refractivity contribution >= 4 is 23.4 Å². The maximum Gasteiger partial charge on any atom is 0.230 e. The molecule has 0 saturated heterocycles. The monoisotopic (exact) mass is 458 g/mol. The number of thioether (sulfide) groups is 1. The normalized spacial score (nSPS) is 10.5. The van der Waals surface area contributed by atoms with Crippen LogP contribution in [-0.2, 0) is 17.9 Å². The molecule has 11 heteroatoms. The van der Waals surface area contributed by atoms with Crippen LogP contribution in [-0.4, -0.2) is 47.9 Å². The van der Waals surface area contributed by atoms with Gasteiger partial charge in [0, 0.05) is 18.3 Å². The zero-order chi connectivity index (χ0) is 22.9. The predicted octanol–water partition coefficient (Wildman–Crippen LogP) is 2.04. The highest BCUT2D eigenvalue weighted by atomic mass is 32.2. The first kappa shape index (κ1) is 23.1. The third-order valence-corrected chi connectivity index (χ3v) is 5.45. The van der Waals surface area contributed by atoms with E-state index in [4.69, 9.17) is 20.1 Å². The number of carbonyl (C=O) groups excluding carboxylic acids is 1. The molecular formula is C21H26N6O4S. The number of nitrogen functional groups attached to an aromatic ring is 1. The van der Waals surface area contributed by atoms with Crippen LogP contribution in [0.2, 0.25) is 0 Å². The van der Waals surface area contributed by atoms with E-state index in [9.17, 15) is 4.79 Å². The van der Waals surface area contributed by atoms with Crippen molar-refractivity contribution < 1.29 is 19.0 Å². The Bertz CT molecular complexity index is 1020. The number of carbonyl (C=O) groups is 1. The number of methoxy groups -OCH3 is 3. The van der Waals surface area contributed by atoms with Crippen LogP contribution in [0.25, 0.3) is 0 Å². The third kappa shape index (κ3) is 6.20. The molecule has 0 aliphatic heterocycles. The Morgan fingerprint density at radius 2 is 1.62 bits per heavy atom. The van der Waals surface area contributed by atoms with E-state index in [0.717, 1.165) is 17.0 Å². The number of aromatic nitrogens is 3. The zero-order valence-corrected chi connectivity index (χ0v) is 18.9. The van der Waals surface area contributed by atoms with Crippen molar-refractivity contribution in [2.24, 2.45) is 0 Å². The summed E-state index contributed by atoms with van der Waals surface area (Å²) in [5.74, 6) is 8.73.